The van der Waals surface area contributed by atoms with E-state index in [9.17, 15) is 4.79 Å². The van der Waals surface area contributed by atoms with Gasteiger partial charge in [0.2, 0.25) is 0 Å². The van der Waals surface area contributed by atoms with E-state index in [1.807, 2.05) is 0 Å². The number of rotatable bonds is 0. The summed E-state index contributed by atoms with van der Waals surface area (Å²) in [6.07, 6.45) is 5.11. The smallest absolute Gasteiger partial charge is 0.136 e. The van der Waals surface area contributed by atoms with E-state index < -0.39 is 8.07 Å². The van der Waals surface area contributed by atoms with Crippen molar-refractivity contribution in [3.63, 3.8) is 0 Å². The average molecular weight is 272 g/mol. The second-order valence-corrected chi connectivity index (χ2v) is 12.0. The minimum atomic E-state index is -1.32. The summed E-state index contributed by atoms with van der Waals surface area (Å²) in [5, 5.41) is 0. The fraction of sp³-hybridized carbons (Fsp3) is 0.706. The van der Waals surface area contributed by atoms with Gasteiger partial charge in [0.15, 0.2) is 0 Å². The fourth-order valence-electron chi connectivity index (χ4n) is 3.51. The maximum atomic E-state index is 12.0. The molecule has 102 valence electrons. The summed E-state index contributed by atoms with van der Waals surface area (Å²) in [4.78, 5) is 12.0. The van der Waals surface area contributed by atoms with Gasteiger partial charge in [-0.15, -0.1) is 5.54 Å². The molecule has 0 saturated heterocycles. The van der Waals surface area contributed by atoms with Gasteiger partial charge in [-0.3, -0.25) is 4.79 Å². The lowest BCUT2D eigenvalue weighted by Crippen LogP contribution is -2.36. The SMILES string of the molecule is C[C@]12CCCC(=O)C1CC[C@@H]2C#CC#C[Si](C)(C)C. The molecule has 1 nitrogen and oxygen atoms in total. The molecule has 2 aliphatic rings. The number of hydrogen-bond acceptors (Lipinski definition) is 1. The number of fused-ring (bicyclic) bond motifs is 1. The first-order valence-electron chi connectivity index (χ1n) is 7.38. The predicted octanol–water partition coefficient (Wildman–Crippen LogP) is 3.66. The first kappa shape index (κ1) is 14.4. The molecule has 3 atom stereocenters. The van der Waals surface area contributed by atoms with Crippen molar-refractivity contribution in [1.29, 1.82) is 0 Å². The molecule has 1 unspecified atom stereocenters. The van der Waals surface area contributed by atoms with Gasteiger partial charge >= 0.3 is 0 Å². The molecule has 0 radical (unpaired) electrons. The van der Waals surface area contributed by atoms with Crippen molar-refractivity contribution >= 4 is 13.9 Å². The van der Waals surface area contributed by atoms with Crippen LogP contribution in [0.4, 0.5) is 0 Å². The van der Waals surface area contributed by atoms with Crippen molar-refractivity contribution in [1.82, 2.24) is 0 Å². The normalized spacial score (nSPS) is 33.8. The highest BCUT2D eigenvalue weighted by Gasteiger charge is 2.50. The van der Waals surface area contributed by atoms with Gasteiger partial charge in [0.1, 0.15) is 13.9 Å². The molecule has 0 aromatic heterocycles. The number of hydrogen-bond donors (Lipinski definition) is 0. The summed E-state index contributed by atoms with van der Waals surface area (Å²) in [5.74, 6) is 10.6. The van der Waals surface area contributed by atoms with Crippen LogP contribution >= 0.6 is 0 Å². The van der Waals surface area contributed by atoms with Crippen molar-refractivity contribution in [2.24, 2.45) is 17.3 Å². The van der Waals surface area contributed by atoms with Gasteiger partial charge in [0.25, 0.3) is 0 Å². The number of carbonyl (C=O) groups is 1. The third kappa shape index (κ3) is 3.13. The highest BCUT2D eigenvalue weighted by atomic mass is 28.3. The predicted molar refractivity (Wildman–Crippen MR) is 82.1 cm³/mol. The molecule has 0 aromatic carbocycles. The standard InChI is InChI=1S/C17H24OSi/c1-17-12-7-9-16(18)15(17)11-10-14(17)8-5-6-13-19(2,3)4/h14-15H,7,9-12H2,1-4H3/t14-,15?,17+/m0/s1. The Bertz CT molecular complexity index is 491. The maximum absolute atomic E-state index is 12.0. The molecule has 2 aliphatic carbocycles. The van der Waals surface area contributed by atoms with E-state index in [2.05, 4.69) is 49.9 Å². The average Bonchev–Trinajstić information content (AvgIpc) is 2.62. The van der Waals surface area contributed by atoms with Gasteiger partial charge in [0, 0.05) is 18.3 Å². The third-order valence-electron chi connectivity index (χ3n) is 4.61. The molecular formula is C17H24OSi. The Morgan fingerprint density at radius 1 is 1.21 bits per heavy atom. The molecule has 2 saturated carbocycles. The van der Waals surface area contributed by atoms with Gasteiger partial charge in [-0.1, -0.05) is 32.5 Å². The van der Waals surface area contributed by atoms with E-state index in [4.69, 9.17) is 0 Å². The molecule has 2 heteroatoms. The molecule has 0 spiro atoms. The van der Waals surface area contributed by atoms with Crippen molar-refractivity contribution in [2.75, 3.05) is 0 Å². The van der Waals surface area contributed by atoms with Gasteiger partial charge in [-0.2, -0.15) is 0 Å². The Kier molecular flexibility index (Phi) is 3.93. The van der Waals surface area contributed by atoms with E-state index >= 15 is 0 Å². The van der Waals surface area contributed by atoms with Crippen LogP contribution in [0.25, 0.3) is 0 Å². The number of ketones is 1. The summed E-state index contributed by atoms with van der Waals surface area (Å²) in [5.41, 5.74) is 3.42. The topological polar surface area (TPSA) is 17.1 Å². The number of Topliss-reactive ketones (excluding diaryl/α,β-unsaturated/α-hetero) is 1. The van der Waals surface area contributed by atoms with Crippen molar-refractivity contribution in [2.45, 2.75) is 58.7 Å². The molecule has 0 bridgehead atoms. The zero-order valence-corrected chi connectivity index (χ0v) is 13.6. The van der Waals surface area contributed by atoms with Crippen LogP contribution in [0.15, 0.2) is 0 Å². The third-order valence-corrected chi connectivity index (χ3v) is 5.48. The quantitative estimate of drug-likeness (QED) is 0.486. The lowest BCUT2D eigenvalue weighted by atomic mass is 9.65. The highest BCUT2D eigenvalue weighted by Crippen LogP contribution is 2.53. The van der Waals surface area contributed by atoms with Gasteiger partial charge in [-0.25, -0.2) is 0 Å². The summed E-state index contributed by atoms with van der Waals surface area (Å²) >= 11 is 0. The van der Waals surface area contributed by atoms with Crippen LogP contribution in [-0.4, -0.2) is 13.9 Å². The Morgan fingerprint density at radius 3 is 2.63 bits per heavy atom. The van der Waals surface area contributed by atoms with Gasteiger partial charge in [0.05, 0.1) is 0 Å². The molecule has 2 rings (SSSR count). The Labute approximate surface area is 118 Å². The monoisotopic (exact) mass is 272 g/mol. The zero-order valence-electron chi connectivity index (χ0n) is 12.6. The molecule has 0 N–H and O–H groups in total. The summed E-state index contributed by atoms with van der Waals surface area (Å²) < 4.78 is 0. The molecule has 0 heterocycles. The Morgan fingerprint density at radius 2 is 1.95 bits per heavy atom. The first-order chi connectivity index (χ1) is 8.83. The van der Waals surface area contributed by atoms with Crippen LogP contribution in [-0.2, 0) is 4.79 Å². The minimum absolute atomic E-state index is 0.128. The van der Waals surface area contributed by atoms with E-state index in [1.54, 1.807) is 0 Å². The number of carbonyl (C=O) groups excluding carboxylic acids is 1. The summed E-state index contributed by atoms with van der Waals surface area (Å²) in [7, 11) is -1.32. The molecule has 0 aliphatic heterocycles. The second kappa shape index (κ2) is 5.18. The fourth-order valence-corrected chi connectivity index (χ4v) is 3.95. The van der Waals surface area contributed by atoms with Crippen molar-refractivity contribution in [3.05, 3.63) is 0 Å². The lowest BCUT2D eigenvalue weighted by molar-refractivity contribution is -0.129. The van der Waals surface area contributed by atoms with Crippen LogP contribution in [0.1, 0.15) is 39.0 Å². The molecular weight excluding hydrogens is 248 g/mol. The lowest BCUT2D eigenvalue weighted by Gasteiger charge is -2.37. The maximum Gasteiger partial charge on any atom is 0.136 e. The summed E-state index contributed by atoms with van der Waals surface area (Å²) in [6, 6.07) is 0. The summed E-state index contributed by atoms with van der Waals surface area (Å²) in [6.45, 7) is 8.96. The van der Waals surface area contributed by atoms with Crippen LogP contribution in [0.5, 0.6) is 0 Å². The molecule has 0 amide bonds. The van der Waals surface area contributed by atoms with Crippen LogP contribution in [0.3, 0.4) is 0 Å². The molecule has 2 fully saturated rings. The van der Waals surface area contributed by atoms with Crippen LogP contribution < -0.4 is 0 Å². The minimum Gasteiger partial charge on any atom is -0.299 e. The van der Waals surface area contributed by atoms with Crippen molar-refractivity contribution in [3.8, 4) is 23.3 Å². The van der Waals surface area contributed by atoms with Gasteiger partial charge < -0.3 is 0 Å². The second-order valence-electron chi connectivity index (χ2n) is 7.28. The molecule has 0 aromatic rings. The molecule has 19 heavy (non-hydrogen) atoms. The highest BCUT2D eigenvalue weighted by molar-refractivity contribution is 6.83. The largest absolute Gasteiger partial charge is 0.299 e. The Balaban J connectivity index is 2.12. The van der Waals surface area contributed by atoms with Crippen molar-refractivity contribution < 1.29 is 4.79 Å². The van der Waals surface area contributed by atoms with Crippen LogP contribution in [0.2, 0.25) is 19.6 Å². The first-order valence-corrected chi connectivity index (χ1v) is 10.9. The van der Waals surface area contributed by atoms with E-state index in [0.717, 1.165) is 32.1 Å². The van der Waals surface area contributed by atoms with E-state index in [-0.39, 0.29) is 11.3 Å². The van der Waals surface area contributed by atoms with E-state index in [0.29, 0.717) is 11.7 Å². The zero-order chi connectivity index (χ0) is 14.1. The van der Waals surface area contributed by atoms with E-state index in [1.165, 1.54) is 0 Å². The van der Waals surface area contributed by atoms with Crippen LogP contribution in [0, 0.1) is 40.6 Å². The Hall–Kier alpha value is -0.993. The van der Waals surface area contributed by atoms with Gasteiger partial charge in [-0.05, 0) is 42.9 Å².